The first-order chi connectivity index (χ1) is 10.6. The average molecular weight is 361 g/mol. The van der Waals surface area contributed by atoms with E-state index in [1.165, 1.54) is 17.7 Å². The number of ether oxygens (including phenoxy) is 1. The molecule has 0 spiro atoms. The van der Waals surface area contributed by atoms with Gasteiger partial charge in [-0.25, -0.2) is 16.8 Å². The van der Waals surface area contributed by atoms with Gasteiger partial charge in [0.2, 0.25) is 10.0 Å². The number of piperidine rings is 1. The van der Waals surface area contributed by atoms with Gasteiger partial charge in [0.15, 0.2) is 0 Å². The van der Waals surface area contributed by atoms with Crippen LogP contribution in [-0.4, -0.2) is 52.8 Å². The molecule has 0 bridgehead atoms. The Labute approximate surface area is 138 Å². The van der Waals surface area contributed by atoms with Gasteiger partial charge in [0.25, 0.3) is 0 Å². The van der Waals surface area contributed by atoms with Crippen LogP contribution in [0.1, 0.15) is 24.0 Å². The van der Waals surface area contributed by atoms with E-state index in [1.807, 2.05) is 13.8 Å². The van der Waals surface area contributed by atoms with Crippen molar-refractivity contribution in [2.75, 3.05) is 26.5 Å². The highest BCUT2D eigenvalue weighted by molar-refractivity contribution is 7.91. The predicted molar refractivity (Wildman–Crippen MR) is 89.1 cm³/mol. The summed E-state index contributed by atoms with van der Waals surface area (Å²) in [5, 5.41) is -0.462. The monoisotopic (exact) mass is 361 g/mol. The molecule has 0 aliphatic carbocycles. The number of methoxy groups -OCH3 is 1. The van der Waals surface area contributed by atoms with Crippen LogP contribution in [0.5, 0.6) is 5.75 Å². The fourth-order valence-electron chi connectivity index (χ4n) is 2.76. The molecule has 23 heavy (non-hydrogen) atoms. The molecule has 1 saturated heterocycles. The van der Waals surface area contributed by atoms with Gasteiger partial charge in [-0.1, -0.05) is 0 Å². The molecule has 0 N–H and O–H groups in total. The zero-order valence-corrected chi connectivity index (χ0v) is 15.5. The smallest absolute Gasteiger partial charge is 0.246 e. The number of hydrogen-bond donors (Lipinski definition) is 0. The van der Waals surface area contributed by atoms with Crippen LogP contribution in [0.4, 0.5) is 0 Å². The van der Waals surface area contributed by atoms with E-state index in [-0.39, 0.29) is 18.0 Å². The minimum atomic E-state index is -3.70. The average Bonchev–Trinajstić information content (AvgIpc) is 2.48. The lowest BCUT2D eigenvalue weighted by molar-refractivity contribution is 0.342. The van der Waals surface area contributed by atoms with Crippen molar-refractivity contribution in [3.8, 4) is 5.75 Å². The molecule has 1 aliphatic rings. The van der Waals surface area contributed by atoms with E-state index in [1.54, 1.807) is 12.1 Å². The van der Waals surface area contributed by atoms with Gasteiger partial charge in [0, 0.05) is 19.3 Å². The third-order valence-electron chi connectivity index (χ3n) is 4.40. The topological polar surface area (TPSA) is 80.8 Å². The Kier molecular flexibility index (Phi) is 5.08. The van der Waals surface area contributed by atoms with E-state index < -0.39 is 25.1 Å². The zero-order valence-electron chi connectivity index (χ0n) is 13.9. The molecule has 1 heterocycles. The van der Waals surface area contributed by atoms with Crippen molar-refractivity contribution in [2.45, 2.75) is 36.8 Å². The van der Waals surface area contributed by atoms with Gasteiger partial charge in [0.1, 0.15) is 20.5 Å². The van der Waals surface area contributed by atoms with Gasteiger partial charge < -0.3 is 4.74 Å². The predicted octanol–water partition coefficient (Wildman–Crippen LogP) is 1.51. The fourth-order valence-corrected chi connectivity index (χ4v) is 5.52. The second-order valence-corrected chi connectivity index (χ2v) is 10.3. The molecule has 0 amide bonds. The molecular weight excluding hydrogens is 338 g/mol. The third kappa shape index (κ3) is 3.70. The molecular formula is C15H23NO5S2. The number of nitrogens with zero attached hydrogens (tertiary/aromatic N) is 1. The molecule has 1 aromatic rings. The molecule has 0 radical (unpaired) electrons. The number of hydrogen-bond acceptors (Lipinski definition) is 5. The van der Waals surface area contributed by atoms with Gasteiger partial charge in [0.05, 0.1) is 12.4 Å². The molecule has 1 fully saturated rings. The second-order valence-electron chi connectivity index (χ2n) is 6.02. The lowest BCUT2D eigenvalue weighted by Gasteiger charge is -2.30. The van der Waals surface area contributed by atoms with E-state index in [9.17, 15) is 16.8 Å². The van der Waals surface area contributed by atoms with E-state index in [0.29, 0.717) is 18.6 Å². The zero-order chi connectivity index (χ0) is 17.4. The Hall–Kier alpha value is -1.12. The van der Waals surface area contributed by atoms with Crippen LogP contribution in [0.3, 0.4) is 0 Å². The Morgan fingerprint density at radius 3 is 2.04 bits per heavy atom. The van der Waals surface area contributed by atoms with Crippen molar-refractivity contribution in [2.24, 2.45) is 0 Å². The molecule has 2 rings (SSSR count). The van der Waals surface area contributed by atoms with E-state index >= 15 is 0 Å². The normalized spacial score (nSPS) is 18.1. The van der Waals surface area contributed by atoms with Crippen LogP contribution in [-0.2, 0) is 19.9 Å². The van der Waals surface area contributed by atoms with Crippen molar-refractivity contribution >= 4 is 19.9 Å². The standard InChI is InChI=1S/C15H23NO5S2/c1-11-9-14(21-3)15(10-12(11)2)23(19,20)16-7-5-13(6-8-16)22(4,17)18/h9-10,13H,5-8H2,1-4H3. The van der Waals surface area contributed by atoms with Crippen LogP contribution < -0.4 is 4.74 Å². The third-order valence-corrected chi connectivity index (χ3v) is 8.01. The summed E-state index contributed by atoms with van der Waals surface area (Å²) >= 11 is 0. The summed E-state index contributed by atoms with van der Waals surface area (Å²) in [5.41, 5.74) is 1.83. The number of rotatable bonds is 4. The molecule has 1 aromatic carbocycles. The maximum Gasteiger partial charge on any atom is 0.246 e. The first-order valence-electron chi connectivity index (χ1n) is 7.41. The fraction of sp³-hybridized carbons (Fsp3) is 0.600. The molecule has 0 unspecified atom stereocenters. The lowest BCUT2D eigenvalue weighted by Crippen LogP contribution is -2.42. The highest BCUT2D eigenvalue weighted by Crippen LogP contribution is 2.31. The van der Waals surface area contributed by atoms with Gasteiger partial charge in [-0.3, -0.25) is 0 Å². The van der Waals surface area contributed by atoms with Crippen LogP contribution in [0.25, 0.3) is 0 Å². The number of sulfone groups is 1. The Bertz CT molecular complexity index is 791. The molecule has 1 aliphatic heterocycles. The van der Waals surface area contributed by atoms with E-state index in [0.717, 1.165) is 11.1 Å². The largest absolute Gasteiger partial charge is 0.495 e. The first kappa shape index (κ1) is 18.2. The SMILES string of the molecule is COc1cc(C)c(C)cc1S(=O)(=O)N1CCC(S(C)(=O)=O)CC1. The minimum Gasteiger partial charge on any atom is -0.495 e. The van der Waals surface area contributed by atoms with E-state index in [4.69, 9.17) is 4.74 Å². The van der Waals surface area contributed by atoms with Gasteiger partial charge in [-0.05, 0) is 49.9 Å². The van der Waals surface area contributed by atoms with Crippen molar-refractivity contribution in [3.63, 3.8) is 0 Å². The first-order valence-corrected chi connectivity index (χ1v) is 10.8. The number of aryl methyl sites for hydroxylation is 2. The van der Waals surface area contributed by atoms with Crippen molar-refractivity contribution in [3.05, 3.63) is 23.3 Å². The quantitative estimate of drug-likeness (QED) is 0.812. The molecule has 130 valence electrons. The minimum absolute atomic E-state index is 0.140. The summed E-state index contributed by atoms with van der Waals surface area (Å²) in [6.45, 7) is 4.15. The Morgan fingerprint density at radius 1 is 1.04 bits per heavy atom. The summed E-state index contributed by atoms with van der Waals surface area (Å²) in [7, 11) is -5.39. The summed E-state index contributed by atoms with van der Waals surface area (Å²) in [4.78, 5) is 0.140. The summed E-state index contributed by atoms with van der Waals surface area (Å²) < 4.78 is 55.6. The molecule has 0 saturated carbocycles. The molecule has 0 atom stereocenters. The molecule has 0 aromatic heterocycles. The molecule has 6 nitrogen and oxygen atoms in total. The Balaban J connectivity index is 2.32. The van der Waals surface area contributed by atoms with Crippen LogP contribution in [0.2, 0.25) is 0 Å². The summed E-state index contributed by atoms with van der Waals surface area (Å²) in [6.07, 6.45) is 1.85. The maximum atomic E-state index is 12.9. The summed E-state index contributed by atoms with van der Waals surface area (Å²) in [5.74, 6) is 0.318. The van der Waals surface area contributed by atoms with E-state index in [2.05, 4.69) is 0 Å². The summed E-state index contributed by atoms with van der Waals surface area (Å²) in [6, 6.07) is 3.33. The van der Waals surface area contributed by atoms with Crippen LogP contribution >= 0.6 is 0 Å². The number of benzene rings is 1. The van der Waals surface area contributed by atoms with Crippen molar-refractivity contribution in [1.29, 1.82) is 0 Å². The number of sulfonamides is 1. The maximum absolute atomic E-state index is 12.9. The van der Waals surface area contributed by atoms with Gasteiger partial charge >= 0.3 is 0 Å². The lowest BCUT2D eigenvalue weighted by atomic mass is 10.1. The van der Waals surface area contributed by atoms with Crippen LogP contribution in [0, 0.1) is 13.8 Å². The van der Waals surface area contributed by atoms with Crippen molar-refractivity contribution in [1.82, 2.24) is 4.31 Å². The Morgan fingerprint density at radius 2 is 1.57 bits per heavy atom. The molecule has 8 heteroatoms. The highest BCUT2D eigenvalue weighted by Gasteiger charge is 2.34. The highest BCUT2D eigenvalue weighted by atomic mass is 32.2. The second kappa shape index (κ2) is 6.41. The van der Waals surface area contributed by atoms with Gasteiger partial charge in [-0.2, -0.15) is 4.31 Å². The van der Waals surface area contributed by atoms with Gasteiger partial charge in [-0.15, -0.1) is 0 Å². The van der Waals surface area contributed by atoms with Crippen molar-refractivity contribution < 1.29 is 21.6 Å². The van der Waals surface area contributed by atoms with Crippen LogP contribution in [0.15, 0.2) is 17.0 Å².